The maximum Gasteiger partial charge on any atom is 0.196 e. The third-order valence-corrected chi connectivity index (χ3v) is 5.17. The molecule has 0 unspecified atom stereocenters. The normalized spacial score (nSPS) is 13.3. The Kier molecular flexibility index (Phi) is 4.65. The third kappa shape index (κ3) is 3.32. The molecule has 0 atom stereocenters. The van der Waals surface area contributed by atoms with Crippen LogP contribution >= 0.6 is 11.8 Å². The summed E-state index contributed by atoms with van der Waals surface area (Å²) in [4.78, 5) is 0. The molecule has 2 aromatic carbocycles. The van der Waals surface area contributed by atoms with Gasteiger partial charge in [-0.1, -0.05) is 29.5 Å². The lowest BCUT2D eigenvalue weighted by Crippen LogP contribution is -2.13. The molecule has 134 valence electrons. The predicted octanol–water partition coefficient (Wildman–Crippen LogP) is 4.18. The van der Waals surface area contributed by atoms with Crippen LogP contribution in [-0.4, -0.2) is 21.6 Å². The predicted molar refractivity (Wildman–Crippen MR) is 97.1 cm³/mol. The number of hydrogen-bond donors (Lipinski definition) is 0. The van der Waals surface area contributed by atoms with Crippen LogP contribution in [0.2, 0.25) is 0 Å². The summed E-state index contributed by atoms with van der Waals surface area (Å²) < 4.78 is 26.7. The van der Waals surface area contributed by atoms with Crippen molar-refractivity contribution in [3.8, 4) is 11.4 Å². The van der Waals surface area contributed by atoms with Gasteiger partial charge in [0.15, 0.2) is 11.9 Å². The van der Waals surface area contributed by atoms with Crippen LogP contribution in [0.5, 0.6) is 5.75 Å². The molecule has 3 aromatic rings. The molecule has 5 nitrogen and oxygen atoms in total. The minimum absolute atomic E-state index is 0.189. The lowest BCUT2D eigenvalue weighted by Gasteiger charge is -2.20. The van der Waals surface area contributed by atoms with Gasteiger partial charge in [-0.15, -0.1) is 10.2 Å². The van der Waals surface area contributed by atoms with E-state index in [0.717, 1.165) is 27.8 Å². The van der Waals surface area contributed by atoms with Crippen molar-refractivity contribution in [3.63, 3.8) is 0 Å². The smallest absolute Gasteiger partial charge is 0.196 e. The second-order valence-electron chi connectivity index (χ2n) is 6.15. The molecule has 0 aliphatic carbocycles. The van der Waals surface area contributed by atoms with Crippen LogP contribution in [0.3, 0.4) is 0 Å². The number of rotatable bonds is 4. The summed E-state index contributed by atoms with van der Waals surface area (Å²) in [6, 6.07) is 11.2. The first-order valence-corrected chi connectivity index (χ1v) is 9.24. The largest absolute Gasteiger partial charge is 0.467 e. The molecule has 0 spiro atoms. The molecule has 0 saturated carbocycles. The van der Waals surface area contributed by atoms with E-state index in [1.54, 1.807) is 0 Å². The Morgan fingerprint density at radius 1 is 1.15 bits per heavy atom. The van der Waals surface area contributed by atoms with Gasteiger partial charge >= 0.3 is 0 Å². The Morgan fingerprint density at radius 3 is 2.77 bits per heavy atom. The SMILES string of the molecule is Cc1ccc(-n2c(C)nnc2SCc2cc(F)cc3c2OCOC3)cc1. The summed E-state index contributed by atoms with van der Waals surface area (Å²) in [5, 5.41) is 9.24. The molecule has 0 radical (unpaired) electrons. The van der Waals surface area contributed by atoms with Gasteiger partial charge in [-0.05, 0) is 38.1 Å². The van der Waals surface area contributed by atoms with Crippen LogP contribution < -0.4 is 4.74 Å². The fraction of sp³-hybridized carbons (Fsp3) is 0.263. The van der Waals surface area contributed by atoms with Crippen LogP contribution in [0.25, 0.3) is 5.69 Å². The number of benzene rings is 2. The molecule has 1 aliphatic heterocycles. The van der Waals surface area contributed by atoms with E-state index in [2.05, 4.69) is 29.3 Å². The zero-order valence-electron chi connectivity index (χ0n) is 14.5. The highest BCUT2D eigenvalue weighted by Crippen LogP contribution is 2.34. The third-order valence-electron chi connectivity index (χ3n) is 4.20. The van der Waals surface area contributed by atoms with E-state index >= 15 is 0 Å². The number of ether oxygens (including phenoxy) is 2. The Hall–Kier alpha value is -2.38. The molecule has 0 fully saturated rings. The number of halogens is 1. The monoisotopic (exact) mass is 371 g/mol. The second-order valence-corrected chi connectivity index (χ2v) is 7.10. The Balaban J connectivity index is 1.62. The van der Waals surface area contributed by atoms with Crippen molar-refractivity contribution in [2.45, 2.75) is 31.4 Å². The van der Waals surface area contributed by atoms with Crippen LogP contribution in [0.1, 0.15) is 22.5 Å². The molecule has 2 heterocycles. The average Bonchev–Trinajstić information content (AvgIpc) is 3.01. The fourth-order valence-electron chi connectivity index (χ4n) is 2.93. The van der Waals surface area contributed by atoms with Crippen molar-refractivity contribution in [1.82, 2.24) is 14.8 Å². The van der Waals surface area contributed by atoms with Crippen molar-refractivity contribution in [2.24, 2.45) is 0 Å². The summed E-state index contributed by atoms with van der Waals surface area (Å²) in [6.07, 6.45) is 0. The first kappa shape index (κ1) is 17.1. The Bertz CT molecular complexity index is 941. The van der Waals surface area contributed by atoms with Gasteiger partial charge < -0.3 is 9.47 Å². The van der Waals surface area contributed by atoms with Crippen LogP contribution in [0, 0.1) is 19.7 Å². The van der Waals surface area contributed by atoms with Crippen molar-refractivity contribution >= 4 is 11.8 Å². The first-order chi connectivity index (χ1) is 12.6. The minimum Gasteiger partial charge on any atom is -0.467 e. The van der Waals surface area contributed by atoms with Crippen LogP contribution in [-0.2, 0) is 17.1 Å². The maximum absolute atomic E-state index is 13.9. The molecule has 0 bridgehead atoms. The number of fused-ring (bicyclic) bond motifs is 1. The molecular formula is C19H18FN3O2S. The first-order valence-electron chi connectivity index (χ1n) is 8.25. The van der Waals surface area contributed by atoms with Gasteiger partial charge in [0, 0.05) is 22.6 Å². The summed E-state index contributed by atoms with van der Waals surface area (Å²) in [6.45, 7) is 4.52. The van der Waals surface area contributed by atoms with E-state index in [1.807, 2.05) is 23.6 Å². The average molecular weight is 371 g/mol. The zero-order chi connectivity index (χ0) is 18.1. The molecule has 0 amide bonds. The van der Waals surface area contributed by atoms with Crippen LogP contribution in [0.4, 0.5) is 4.39 Å². The molecule has 26 heavy (non-hydrogen) atoms. The highest BCUT2D eigenvalue weighted by atomic mass is 32.2. The number of nitrogens with zero attached hydrogens (tertiary/aromatic N) is 3. The van der Waals surface area contributed by atoms with Crippen molar-refractivity contribution in [3.05, 3.63) is 64.7 Å². The van der Waals surface area contributed by atoms with Gasteiger partial charge in [0.1, 0.15) is 17.4 Å². The highest BCUT2D eigenvalue weighted by molar-refractivity contribution is 7.98. The lowest BCUT2D eigenvalue weighted by molar-refractivity contribution is -0.0171. The summed E-state index contributed by atoms with van der Waals surface area (Å²) >= 11 is 1.50. The van der Waals surface area contributed by atoms with Gasteiger partial charge in [-0.25, -0.2) is 4.39 Å². The van der Waals surface area contributed by atoms with Gasteiger partial charge in [0.25, 0.3) is 0 Å². The molecule has 0 saturated heterocycles. The Labute approximate surface area is 155 Å². The second kappa shape index (κ2) is 7.09. The maximum atomic E-state index is 13.9. The molecule has 0 N–H and O–H groups in total. The van der Waals surface area contributed by atoms with Crippen LogP contribution in [0.15, 0.2) is 41.6 Å². The zero-order valence-corrected chi connectivity index (χ0v) is 15.3. The van der Waals surface area contributed by atoms with E-state index in [9.17, 15) is 4.39 Å². The van der Waals surface area contributed by atoms with E-state index in [0.29, 0.717) is 18.1 Å². The molecule has 1 aliphatic rings. The van der Waals surface area contributed by atoms with E-state index < -0.39 is 0 Å². The summed E-state index contributed by atoms with van der Waals surface area (Å²) in [5.41, 5.74) is 3.73. The van der Waals surface area contributed by atoms with Crippen molar-refractivity contribution in [2.75, 3.05) is 6.79 Å². The van der Waals surface area contributed by atoms with Crippen molar-refractivity contribution in [1.29, 1.82) is 0 Å². The van der Waals surface area contributed by atoms with Gasteiger partial charge in [0.05, 0.1) is 6.61 Å². The van der Waals surface area contributed by atoms with Gasteiger partial charge in [-0.3, -0.25) is 4.57 Å². The fourth-order valence-corrected chi connectivity index (χ4v) is 3.90. The number of aryl methyl sites for hydroxylation is 2. The Morgan fingerprint density at radius 2 is 1.96 bits per heavy atom. The quantitative estimate of drug-likeness (QED) is 0.644. The minimum atomic E-state index is -0.287. The molecule has 1 aromatic heterocycles. The highest BCUT2D eigenvalue weighted by Gasteiger charge is 2.19. The standard InChI is InChI=1S/C19H18FN3O2S/c1-12-3-5-17(6-4-12)23-13(2)21-22-19(23)26-10-15-8-16(20)7-14-9-24-11-25-18(14)15/h3-8H,9-11H2,1-2H3. The molecule has 4 rings (SSSR count). The molecule has 7 heteroatoms. The summed E-state index contributed by atoms with van der Waals surface area (Å²) in [5.74, 6) is 1.76. The topological polar surface area (TPSA) is 49.2 Å². The number of aromatic nitrogens is 3. The van der Waals surface area contributed by atoms with E-state index in [-0.39, 0.29) is 12.6 Å². The number of hydrogen-bond acceptors (Lipinski definition) is 5. The van der Waals surface area contributed by atoms with E-state index in [1.165, 1.54) is 29.5 Å². The van der Waals surface area contributed by atoms with E-state index in [4.69, 9.17) is 9.47 Å². The lowest BCUT2D eigenvalue weighted by atomic mass is 10.1. The van der Waals surface area contributed by atoms with Gasteiger partial charge in [0.2, 0.25) is 0 Å². The summed E-state index contributed by atoms with van der Waals surface area (Å²) in [7, 11) is 0. The molecular weight excluding hydrogens is 353 g/mol. The van der Waals surface area contributed by atoms with Gasteiger partial charge in [-0.2, -0.15) is 0 Å². The van der Waals surface area contributed by atoms with Crippen molar-refractivity contribution < 1.29 is 13.9 Å². The number of thioether (sulfide) groups is 1.